The second-order valence-corrected chi connectivity index (χ2v) is 29.5. The second-order valence-electron chi connectivity index (χ2n) is 29.5. The van der Waals surface area contributed by atoms with Crippen LogP contribution in [0.25, 0.3) is 0 Å². The molecule has 4 rings (SSSR count). The minimum atomic E-state index is 0.648. The summed E-state index contributed by atoms with van der Waals surface area (Å²) < 4.78 is 0. The first-order valence-electron chi connectivity index (χ1n) is 31.4. The van der Waals surface area contributed by atoms with E-state index in [0.717, 1.165) is 41.9 Å². The number of benzene rings is 2. The first-order valence-corrected chi connectivity index (χ1v) is 31.4. The van der Waals surface area contributed by atoms with Gasteiger partial charge in [-0.2, -0.15) is 0 Å². The van der Waals surface area contributed by atoms with Crippen molar-refractivity contribution in [3.63, 3.8) is 0 Å². The van der Waals surface area contributed by atoms with Gasteiger partial charge in [0.1, 0.15) is 0 Å². The van der Waals surface area contributed by atoms with Crippen molar-refractivity contribution >= 4 is 316 Å². The SMILES string of the molecule is BB(B)B(B(B)B)B(B(B)B)B(B(B(B(B)B)B(B)B)B(B(B)B)B(B)B)B(B(B(B(B)B)B(B)B)B(B(B)B)B(B)B)C1CCC(CCC2CCC(c3ccc(Cc4cc(N)cc(N)c4)cc3)CC2)CC1. The van der Waals surface area contributed by atoms with Crippen LogP contribution in [0.15, 0.2) is 42.5 Å². The van der Waals surface area contributed by atoms with Crippen molar-refractivity contribution in [3.05, 3.63) is 59.2 Å². The van der Waals surface area contributed by atoms with Crippen LogP contribution in [-0.2, 0) is 6.42 Å². The van der Waals surface area contributed by atoms with Crippen LogP contribution >= 0.6 is 0 Å². The van der Waals surface area contributed by atoms with E-state index >= 15 is 0 Å². The smallest absolute Gasteiger partial charge is 0.0552 e. The lowest BCUT2D eigenvalue weighted by atomic mass is 8.29. The zero-order chi connectivity index (χ0) is 54.0. The lowest BCUT2D eigenvalue weighted by Crippen LogP contribution is -2.92. The summed E-state index contributed by atoms with van der Waals surface area (Å²) in [6.45, 7) is 0.730. The molecule has 0 spiro atoms. The normalized spacial score (nSPS) is 17.1. The summed E-state index contributed by atoms with van der Waals surface area (Å²) in [5.41, 5.74) is 17.8. The minimum absolute atomic E-state index is 0.648. The first kappa shape index (κ1) is 65.4. The molecule has 2 saturated carbocycles. The van der Waals surface area contributed by atoms with Crippen LogP contribution in [0.2, 0.25) is 5.82 Å². The molecule has 0 unspecified atom stereocenters. The van der Waals surface area contributed by atoms with Gasteiger partial charge in [0.2, 0.25) is 0 Å². The average Bonchev–Trinajstić information content (AvgIpc) is 3.25. The molecule has 0 amide bonds. The molecule has 0 saturated heterocycles. The van der Waals surface area contributed by atoms with Gasteiger partial charge in [0.25, 0.3) is 0 Å². The largest absolute Gasteiger partial charge is 0.399 e. The average molecular weight is 899 g/mol. The number of hydrogen-bond acceptors (Lipinski definition) is 2. The van der Waals surface area contributed by atoms with Crippen molar-refractivity contribution in [2.75, 3.05) is 11.5 Å². The van der Waals surface area contributed by atoms with Crippen LogP contribution in [0.5, 0.6) is 0 Å². The van der Waals surface area contributed by atoms with E-state index < -0.39 is 0 Å². The van der Waals surface area contributed by atoms with Crippen molar-refractivity contribution in [2.24, 2.45) is 11.8 Å². The fourth-order valence-electron chi connectivity index (χ4n) is 18.7. The van der Waals surface area contributed by atoms with E-state index in [0.29, 0.717) is 134 Å². The minimum Gasteiger partial charge on any atom is -0.399 e. The third-order valence-electron chi connectivity index (χ3n) is 20.6. The zero-order valence-electron chi connectivity index (χ0n) is 51.9. The fraction of sp³-hybridized carbons (Fsp3) is 0.556. The molecule has 0 radical (unpaired) electrons. The van der Waals surface area contributed by atoms with E-state index in [4.69, 9.17) is 11.5 Å². The van der Waals surface area contributed by atoms with Crippen LogP contribution in [0.1, 0.15) is 86.8 Å². The molecular weight excluding hydrogens is 817 g/mol. The van der Waals surface area contributed by atoms with E-state index in [1.54, 1.807) is 5.56 Å². The molecule has 0 aliphatic heterocycles. The van der Waals surface area contributed by atoms with Crippen molar-refractivity contribution in [3.8, 4) is 0 Å². The highest BCUT2D eigenvalue weighted by Crippen LogP contribution is 2.43. The standard InChI is InChI=1S/C27H81B43N2/c28-51(29)64(52(30)31)62(65(53(32)33)54(34)35)50(63(69(61(48)49)66(55(36)37)56(38)39)70(67(57(40)41)58(42)43)68(59(44)45)60(46)47)25-13-7-20(8-14-25)2-1-19-3-9-23(10-4-19)24-11-5-21(6-12-24)15-22-16-26(71)18-27(72)17-22/h5-6,11-12,16-20,23,25H,1-4,7-10,13-15,28-49,71-72H2. The predicted molar refractivity (Wildman–Crippen MR) is 433 cm³/mol. The molecule has 2 aliphatic rings. The summed E-state index contributed by atoms with van der Waals surface area (Å²) in [4.78, 5) is 0. The maximum Gasteiger partial charge on any atom is 0.0552 e. The Hall–Kier alpha value is 0.832. The van der Waals surface area contributed by atoms with Gasteiger partial charge in [0.15, 0.2) is 0 Å². The number of nitrogens with two attached hydrogens (primary N) is 2. The van der Waals surface area contributed by atoms with Crippen molar-refractivity contribution < 1.29 is 0 Å². The molecule has 72 heavy (non-hydrogen) atoms. The predicted octanol–water partition coefficient (Wildman–Crippen LogP) is -21.1. The lowest BCUT2D eigenvalue weighted by Gasteiger charge is -2.55. The quantitative estimate of drug-likeness (QED) is 0.0693. The molecule has 2 aromatic rings. The summed E-state index contributed by atoms with van der Waals surface area (Å²) in [5, 5.41) is 0. The molecule has 2 fully saturated rings. The number of rotatable bonds is 27. The Bertz CT molecular complexity index is 1760. The number of nitrogen functional groups attached to an aromatic ring is 2. The van der Waals surface area contributed by atoms with Gasteiger partial charge in [-0.15, -0.1) is 0 Å². The second kappa shape index (κ2) is 30.4. The molecule has 328 valence electrons. The summed E-state index contributed by atoms with van der Waals surface area (Å²) in [7, 11) is 58.1. The summed E-state index contributed by atoms with van der Waals surface area (Å²) in [6.07, 6.45) is 28.8. The Kier molecular flexibility index (Phi) is 27.6. The van der Waals surface area contributed by atoms with Gasteiger partial charge in [-0.05, 0) is 84.7 Å². The lowest BCUT2D eigenvalue weighted by molar-refractivity contribution is 0.261. The van der Waals surface area contributed by atoms with Gasteiger partial charge in [-0.3, -0.25) is 0 Å². The highest BCUT2D eigenvalue weighted by atomic mass is 14.6. The third kappa shape index (κ3) is 17.7. The first-order chi connectivity index (χ1) is 33.7. The van der Waals surface area contributed by atoms with E-state index in [9.17, 15) is 0 Å². The van der Waals surface area contributed by atoms with Gasteiger partial charge in [0, 0.05) is 146 Å². The van der Waals surface area contributed by atoms with Crippen molar-refractivity contribution in [1.82, 2.24) is 0 Å². The molecule has 4 N–H and O–H groups in total. The van der Waals surface area contributed by atoms with Crippen LogP contribution in [0, 0.1) is 11.8 Å². The highest BCUT2D eigenvalue weighted by molar-refractivity contribution is 8.30. The third-order valence-corrected chi connectivity index (χ3v) is 20.6. The molecule has 45 heteroatoms. The van der Waals surface area contributed by atoms with Crippen LogP contribution < -0.4 is 11.5 Å². The number of hydrogen-bond donors (Lipinski definition) is 2. The van der Waals surface area contributed by atoms with Crippen molar-refractivity contribution in [1.29, 1.82) is 0 Å². The molecule has 0 bridgehead atoms. The fourth-order valence-corrected chi connectivity index (χ4v) is 18.7. The van der Waals surface area contributed by atoms with E-state index in [1.807, 2.05) is 6.07 Å². The maximum atomic E-state index is 6.11. The Morgan fingerprint density at radius 3 is 0.986 bits per heavy atom. The van der Waals surface area contributed by atoms with Gasteiger partial charge < -0.3 is 11.5 Å². The summed E-state index contributed by atoms with van der Waals surface area (Å²) >= 11 is 0. The molecular formula is C27H81B43N2. The highest BCUT2D eigenvalue weighted by Gasteiger charge is 2.60. The molecule has 0 aromatic heterocycles. The van der Waals surface area contributed by atoms with Gasteiger partial charge >= 0.3 is 0 Å². The Balaban J connectivity index is 1.76. The molecule has 0 atom stereocenters. The summed E-state index contributed by atoms with van der Waals surface area (Å²) in [6, 6.07) is 15.5. The van der Waals surface area contributed by atoms with Crippen LogP contribution in [-0.4, -0.2) is 304 Å². The molecule has 2 aliphatic carbocycles. The number of anilines is 2. The molecule has 0 heterocycles. The van der Waals surface area contributed by atoms with Crippen LogP contribution in [0.4, 0.5) is 11.4 Å². The Labute approximate surface area is 477 Å². The Morgan fingerprint density at radius 2 is 0.639 bits per heavy atom. The Morgan fingerprint density at radius 1 is 0.333 bits per heavy atom. The van der Waals surface area contributed by atoms with E-state index in [2.05, 4.69) is 207 Å². The van der Waals surface area contributed by atoms with Crippen LogP contribution in [0.3, 0.4) is 0 Å². The van der Waals surface area contributed by atoms with Gasteiger partial charge in [0.05, 0.1) is 170 Å². The molecule has 2 aromatic carbocycles. The van der Waals surface area contributed by atoms with E-state index in [1.165, 1.54) is 75.3 Å². The monoisotopic (exact) mass is 907 g/mol. The maximum absolute atomic E-state index is 6.11. The zero-order valence-corrected chi connectivity index (χ0v) is 51.9. The van der Waals surface area contributed by atoms with Gasteiger partial charge in [-0.25, -0.2) is 0 Å². The molecule has 2 nitrogen and oxygen atoms in total. The summed E-state index contributed by atoms with van der Waals surface area (Å²) in [5.74, 6) is 3.29. The van der Waals surface area contributed by atoms with Crippen molar-refractivity contribution in [2.45, 2.75) is 82.4 Å². The van der Waals surface area contributed by atoms with E-state index in [-0.39, 0.29) is 0 Å². The van der Waals surface area contributed by atoms with Gasteiger partial charge in [-0.1, -0.05) is 68.6 Å². The topological polar surface area (TPSA) is 52.0 Å².